The van der Waals surface area contributed by atoms with Gasteiger partial charge in [-0.1, -0.05) is 182 Å². The van der Waals surface area contributed by atoms with Crippen molar-refractivity contribution in [2.24, 2.45) is 0 Å². The highest BCUT2D eigenvalue weighted by Gasteiger charge is 2.29. The van der Waals surface area contributed by atoms with Gasteiger partial charge in [-0.25, -0.2) is 0 Å². The maximum absolute atomic E-state index is 12.9. The quantitative estimate of drug-likeness (QED) is 0.0241. The summed E-state index contributed by atoms with van der Waals surface area (Å²) in [5.41, 5.74) is 0. The number of aliphatic hydroxyl groups excluding tert-OH is 2. The number of hydrogen-bond acceptors (Lipinski definition) is 7. The highest BCUT2D eigenvalue weighted by molar-refractivity contribution is 7.45. The number of amides is 1. The number of likely N-dealkylation sites (N-methyl/N-ethyl adjacent to an activating group) is 1. The SMILES string of the molecule is CC/C=C\C/C=C\C/C=C\C/C=C\C/C=C\C/C=C\C/C=C\CCCCCC(=O)NC(COP(=O)([O-])OCC[N+](C)(C)C)C(O)C(O)CCCCCCCCCCCCCC. The van der Waals surface area contributed by atoms with E-state index in [0.717, 1.165) is 89.9 Å². The molecule has 0 heterocycles. The number of carbonyl (C=O) groups excluding carboxylic acids is 1. The molecule has 0 aromatic rings. The molecule has 0 aliphatic heterocycles. The molecule has 0 radical (unpaired) electrons. The summed E-state index contributed by atoms with van der Waals surface area (Å²) in [6.45, 7) is 4.27. The first-order valence-corrected chi connectivity index (χ1v) is 25.5. The number of phosphoric acid groups is 1. The predicted octanol–water partition coefficient (Wildman–Crippen LogP) is 12.1. The molecule has 0 aromatic carbocycles. The van der Waals surface area contributed by atoms with Crippen LogP contribution in [0.3, 0.4) is 0 Å². The minimum absolute atomic E-state index is 0.0524. The van der Waals surface area contributed by atoms with Crippen molar-refractivity contribution in [1.29, 1.82) is 0 Å². The molecule has 10 heteroatoms. The molecule has 0 fully saturated rings. The molecular formula is C51H91N2O7P. The van der Waals surface area contributed by atoms with Crippen molar-refractivity contribution in [2.45, 2.75) is 193 Å². The molecule has 9 nitrogen and oxygen atoms in total. The molecule has 3 N–H and O–H groups in total. The number of phosphoric ester groups is 1. The van der Waals surface area contributed by atoms with E-state index in [1.807, 2.05) is 21.1 Å². The van der Waals surface area contributed by atoms with E-state index in [4.69, 9.17) is 9.05 Å². The molecule has 0 saturated heterocycles. The van der Waals surface area contributed by atoms with E-state index in [2.05, 4.69) is 104 Å². The third-order valence-corrected chi connectivity index (χ3v) is 11.2. The number of hydrogen-bond donors (Lipinski definition) is 3. The van der Waals surface area contributed by atoms with E-state index in [9.17, 15) is 24.5 Å². The fourth-order valence-electron chi connectivity index (χ4n) is 6.41. The molecule has 352 valence electrons. The Labute approximate surface area is 374 Å². The molecule has 61 heavy (non-hydrogen) atoms. The van der Waals surface area contributed by atoms with Gasteiger partial charge >= 0.3 is 0 Å². The first kappa shape index (κ1) is 58.6. The van der Waals surface area contributed by atoms with E-state index in [1.165, 1.54) is 51.4 Å². The molecular weight excluding hydrogens is 784 g/mol. The normalized spacial score (nSPS) is 15.5. The summed E-state index contributed by atoms with van der Waals surface area (Å²) < 4.78 is 23.1. The summed E-state index contributed by atoms with van der Waals surface area (Å²) in [5.74, 6) is -0.315. The molecule has 0 aromatic heterocycles. The lowest BCUT2D eigenvalue weighted by Crippen LogP contribution is -2.51. The first-order chi connectivity index (χ1) is 29.4. The smallest absolute Gasteiger partial charge is 0.268 e. The second kappa shape index (κ2) is 41.6. The lowest BCUT2D eigenvalue weighted by atomic mass is 9.99. The number of carbonyl (C=O) groups is 1. The highest BCUT2D eigenvalue weighted by Crippen LogP contribution is 2.38. The van der Waals surface area contributed by atoms with Crippen LogP contribution in [0.15, 0.2) is 85.1 Å². The predicted molar refractivity (Wildman–Crippen MR) is 257 cm³/mol. The number of nitrogens with one attached hydrogen (secondary N) is 1. The number of quaternary nitrogens is 1. The largest absolute Gasteiger partial charge is 0.756 e. The van der Waals surface area contributed by atoms with Gasteiger partial charge in [0.15, 0.2) is 0 Å². The van der Waals surface area contributed by atoms with Crippen molar-refractivity contribution < 1.29 is 38.0 Å². The van der Waals surface area contributed by atoms with Gasteiger partial charge in [0.05, 0.1) is 39.9 Å². The number of allylic oxidation sites excluding steroid dienone is 14. The second-order valence-corrected chi connectivity index (χ2v) is 18.6. The average Bonchev–Trinajstić information content (AvgIpc) is 3.21. The third-order valence-electron chi connectivity index (χ3n) is 10.2. The summed E-state index contributed by atoms with van der Waals surface area (Å²) >= 11 is 0. The van der Waals surface area contributed by atoms with Crippen molar-refractivity contribution in [3.63, 3.8) is 0 Å². The Morgan fingerprint density at radius 3 is 1.49 bits per heavy atom. The average molecular weight is 875 g/mol. The van der Waals surface area contributed by atoms with Gasteiger partial charge in [-0.05, 0) is 70.6 Å². The zero-order chi connectivity index (χ0) is 45.1. The van der Waals surface area contributed by atoms with Crippen LogP contribution in [0.5, 0.6) is 0 Å². The van der Waals surface area contributed by atoms with Crippen molar-refractivity contribution >= 4 is 13.7 Å². The number of nitrogens with zero attached hydrogens (tertiary/aromatic N) is 1. The van der Waals surface area contributed by atoms with Crippen molar-refractivity contribution in [2.75, 3.05) is 40.9 Å². The fraction of sp³-hybridized carbons (Fsp3) is 0.706. The lowest BCUT2D eigenvalue weighted by Gasteiger charge is -2.31. The molecule has 4 atom stereocenters. The topological polar surface area (TPSA) is 128 Å². The van der Waals surface area contributed by atoms with Crippen LogP contribution in [0.4, 0.5) is 0 Å². The Morgan fingerprint density at radius 2 is 1.03 bits per heavy atom. The van der Waals surface area contributed by atoms with Gasteiger partial charge in [0, 0.05) is 6.42 Å². The van der Waals surface area contributed by atoms with Gasteiger partial charge in [0.1, 0.15) is 19.3 Å². The van der Waals surface area contributed by atoms with Crippen molar-refractivity contribution in [1.82, 2.24) is 5.32 Å². The molecule has 1 amide bonds. The highest BCUT2D eigenvalue weighted by atomic mass is 31.2. The van der Waals surface area contributed by atoms with Gasteiger partial charge in [0.2, 0.25) is 5.91 Å². The molecule has 0 aliphatic carbocycles. The van der Waals surface area contributed by atoms with Gasteiger partial charge in [-0.2, -0.15) is 0 Å². The molecule has 4 unspecified atom stereocenters. The molecule has 0 rings (SSSR count). The Hall–Kier alpha value is -2.36. The van der Waals surface area contributed by atoms with Crippen molar-refractivity contribution in [3.05, 3.63) is 85.1 Å². The van der Waals surface area contributed by atoms with Crippen LogP contribution in [0.1, 0.15) is 174 Å². The molecule has 0 saturated carbocycles. The molecule has 0 spiro atoms. The van der Waals surface area contributed by atoms with Crippen LogP contribution >= 0.6 is 7.82 Å². The maximum Gasteiger partial charge on any atom is 0.268 e. The van der Waals surface area contributed by atoms with Gasteiger partial charge < -0.3 is 34.0 Å². The van der Waals surface area contributed by atoms with E-state index >= 15 is 0 Å². The Morgan fingerprint density at radius 1 is 0.607 bits per heavy atom. The Balaban J connectivity index is 4.49. The first-order valence-electron chi connectivity index (χ1n) is 24.0. The van der Waals surface area contributed by atoms with Crippen LogP contribution < -0.4 is 10.2 Å². The summed E-state index contributed by atoms with van der Waals surface area (Å²) in [4.78, 5) is 25.4. The van der Waals surface area contributed by atoms with Gasteiger partial charge in [-0.15, -0.1) is 0 Å². The summed E-state index contributed by atoms with van der Waals surface area (Å²) in [6.07, 6.45) is 53.3. The summed E-state index contributed by atoms with van der Waals surface area (Å²) in [5, 5.41) is 24.6. The lowest BCUT2D eigenvalue weighted by molar-refractivity contribution is -0.870. The van der Waals surface area contributed by atoms with E-state index in [0.29, 0.717) is 23.9 Å². The van der Waals surface area contributed by atoms with E-state index in [1.54, 1.807) is 0 Å². The summed E-state index contributed by atoms with van der Waals surface area (Å²) in [7, 11) is 1.09. The second-order valence-electron chi connectivity index (χ2n) is 17.2. The van der Waals surface area contributed by atoms with Crippen LogP contribution in [0.25, 0.3) is 0 Å². The van der Waals surface area contributed by atoms with Crippen LogP contribution in [0.2, 0.25) is 0 Å². The Kier molecular flexibility index (Phi) is 40.0. The van der Waals surface area contributed by atoms with E-state index < -0.39 is 32.7 Å². The minimum Gasteiger partial charge on any atom is -0.756 e. The number of rotatable bonds is 42. The molecule has 0 bridgehead atoms. The maximum atomic E-state index is 12.9. The monoisotopic (exact) mass is 875 g/mol. The van der Waals surface area contributed by atoms with Crippen LogP contribution in [-0.4, -0.2) is 79.8 Å². The van der Waals surface area contributed by atoms with Gasteiger partial charge in [-0.3, -0.25) is 9.36 Å². The summed E-state index contributed by atoms with van der Waals surface area (Å²) in [6, 6.07) is -1.10. The zero-order valence-electron chi connectivity index (χ0n) is 39.4. The standard InChI is InChI=1S/C51H91N2O7P/c1-6-8-10-12-14-16-18-20-21-22-23-24-25-26-27-28-29-30-31-32-34-36-38-40-42-44-50(55)52-48(47-60-61(57,58)59-46-45-53(3,4)5)51(56)49(54)43-41-39-37-35-33-19-17-15-13-11-9-7-2/h8,10,14,16,20-21,23-24,26-27,29-30,32,34,48-49,51,54,56H,6-7,9,11-13,15,17-19,22,25,28,31,33,35-47H2,1-5H3,(H-,52,55,57,58)/b10-8-,16-14-,21-20-,24-23-,27-26-,30-29-,34-32-. The van der Waals surface area contributed by atoms with Crippen molar-refractivity contribution in [3.8, 4) is 0 Å². The fourth-order valence-corrected chi connectivity index (χ4v) is 7.13. The van der Waals surface area contributed by atoms with Crippen LogP contribution in [0, 0.1) is 0 Å². The molecule has 0 aliphatic rings. The van der Waals surface area contributed by atoms with Gasteiger partial charge in [0.25, 0.3) is 7.82 Å². The van der Waals surface area contributed by atoms with Crippen LogP contribution in [-0.2, 0) is 18.4 Å². The number of unbranched alkanes of at least 4 members (excludes halogenated alkanes) is 14. The minimum atomic E-state index is -4.68. The Bertz CT molecular complexity index is 1280. The zero-order valence-corrected chi connectivity index (χ0v) is 40.3. The van der Waals surface area contributed by atoms with E-state index in [-0.39, 0.29) is 18.9 Å². The third kappa shape index (κ3) is 42.7. The number of aliphatic hydroxyl groups is 2.